The minimum Gasteiger partial charge on any atom is -0.311 e. The fourth-order valence-corrected chi connectivity index (χ4v) is 5.80. The molecule has 0 fully saturated rings. The van der Waals surface area contributed by atoms with Gasteiger partial charge in [-0.3, -0.25) is 0 Å². The first kappa shape index (κ1) is 29.0. The average Bonchev–Trinajstić information content (AvgIpc) is 3.03. The molecule has 0 aliphatic carbocycles. The Morgan fingerprint density at radius 3 is 0.977 bits per heavy atom. The van der Waals surface area contributed by atoms with E-state index in [0.29, 0.717) is 0 Å². The molecule has 2 nitrogen and oxygen atoms in total. The lowest BCUT2D eigenvalue weighted by Crippen LogP contribution is -2.12. The van der Waals surface area contributed by atoms with E-state index in [-0.39, 0.29) is 0 Å². The van der Waals surface area contributed by atoms with Gasteiger partial charge in [0, 0.05) is 34.1 Å². The molecule has 0 radical (unpaired) electrons. The Balaban J connectivity index is 1.38. The molecule has 0 atom stereocenters. The molecule has 6 aromatic rings. The van der Waals surface area contributed by atoms with Crippen LogP contribution in [0.4, 0.5) is 34.1 Å². The Bertz CT molecular complexity index is 1770. The van der Waals surface area contributed by atoms with E-state index in [0.717, 1.165) is 28.4 Å². The van der Waals surface area contributed by atoms with Gasteiger partial charge in [0.2, 0.25) is 0 Å². The predicted molar refractivity (Wildman–Crippen MR) is 190 cm³/mol. The maximum Gasteiger partial charge on any atom is 0.0493 e. The molecule has 0 spiro atoms. The van der Waals surface area contributed by atoms with Crippen molar-refractivity contribution >= 4 is 34.1 Å². The quantitative estimate of drug-likeness (QED) is 0.188. The van der Waals surface area contributed by atoms with Gasteiger partial charge in [0.1, 0.15) is 0 Å². The number of anilines is 6. The third-order valence-electron chi connectivity index (χ3n) is 8.60. The summed E-state index contributed by atoms with van der Waals surface area (Å²) in [4.78, 5) is 4.69. The van der Waals surface area contributed by atoms with Crippen molar-refractivity contribution in [3.63, 3.8) is 0 Å². The van der Waals surface area contributed by atoms with Crippen LogP contribution in [0.5, 0.6) is 0 Å². The Kier molecular flexibility index (Phi) is 8.09. The minimum atomic E-state index is 1.14. The normalized spacial score (nSPS) is 11.0. The lowest BCUT2D eigenvalue weighted by Gasteiger charge is -2.29. The smallest absolute Gasteiger partial charge is 0.0493 e. The van der Waals surface area contributed by atoms with Crippen LogP contribution in [0, 0.1) is 41.5 Å². The van der Waals surface area contributed by atoms with Gasteiger partial charge in [-0.2, -0.15) is 0 Å². The second-order valence-electron chi connectivity index (χ2n) is 11.9. The SMILES string of the molecule is Cc1ccc(N(c2ccc(C)cc2)c2ccc(-c3ccc(N(c4ccc(C)cc4)c4ccc(C)cc4)c(C)c3C)cc2)cc1. The van der Waals surface area contributed by atoms with E-state index in [1.165, 1.54) is 50.2 Å². The highest BCUT2D eigenvalue weighted by Gasteiger charge is 2.18. The van der Waals surface area contributed by atoms with Gasteiger partial charge in [-0.25, -0.2) is 0 Å². The molecule has 2 heteroatoms. The number of aryl methyl sites for hydroxylation is 4. The van der Waals surface area contributed by atoms with Gasteiger partial charge in [-0.05, 0) is 131 Å². The van der Waals surface area contributed by atoms with Gasteiger partial charge < -0.3 is 9.80 Å². The summed E-state index contributed by atoms with van der Waals surface area (Å²) in [6, 6.07) is 48.6. The van der Waals surface area contributed by atoms with E-state index in [4.69, 9.17) is 0 Å². The number of hydrogen-bond acceptors (Lipinski definition) is 2. The van der Waals surface area contributed by atoms with Crippen LogP contribution in [0.25, 0.3) is 11.1 Å². The van der Waals surface area contributed by atoms with Crippen LogP contribution in [0.15, 0.2) is 133 Å². The summed E-state index contributed by atoms with van der Waals surface area (Å²) < 4.78 is 0. The Morgan fingerprint density at radius 1 is 0.295 bits per heavy atom. The van der Waals surface area contributed by atoms with E-state index >= 15 is 0 Å². The van der Waals surface area contributed by atoms with Crippen LogP contribution >= 0.6 is 0 Å². The maximum atomic E-state index is 2.37. The van der Waals surface area contributed by atoms with Gasteiger partial charge in [0.05, 0.1) is 0 Å². The molecule has 0 aliphatic rings. The van der Waals surface area contributed by atoms with Crippen LogP contribution in [-0.4, -0.2) is 0 Å². The molecule has 44 heavy (non-hydrogen) atoms. The molecule has 0 aliphatic heterocycles. The summed E-state index contributed by atoms with van der Waals surface area (Å²) in [7, 11) is 0. The van der Waals surface area contributed by atoms with Gasteiger partial charge in [0.25, 0.3) is 0 Å². The van der Waals surface area contributed by atoms with Crippen molar-refractivity contribution in [2.24, 2.45) is 0 Å². The van der Waals surface area contributed by atoms with Gasteiger partial charge in [-0.15, -0.1) is 0 Å². The molecule has 0 aromatic heterocycles. The van der Waals surface area contributed by atoms with Crippen molar-refractivity contribution in [1.82, 2.24) is 0 Å². The zero-order valence-electron chi connectivity index (χ0n) is 26.6. The number of hydrogen-bond donors (Lipinski definition) is 0. The maximum absolute atomic E-state index is 2.37. The Hall–Kier alpha value is -5.08. The van der Waals surface area contributed by atoms with Crippen molar-refractivity contribution in [2.45, 2.75) is 41.5 Å². The van der Waals surface area contributed by atoms with E-state index < -0.39 is 0 Å². The first-order chi connectivity index (χ1) is 21.3. The molecular formula is C42H40N2. The highest BCUT2D eigenvalue weighted by molar-refractivity contribution is 5.84. The summed E-state index contributed by atoms with van der Waals surface area (Å²) >= 11 is 0. The van der Waals surface area contributed by atoms with Gasteiger partial charge in [-0.1, -0.05) is 89.0 Å². The summed E-state index contributed by atoms with van der Waals surface area (Å²) in [6.07, 6.45) is 0. The highest BCUT2D eigenvalue weighted by atomic mass is 15.1. The average molecular weight is 573 g/mol. The van der Waals surface area contributed by atoms with E-state index in [1.807, 2.05) is 0 Å². The van der Waals surface area contributed by atoms with E-state index in [1.54, 1.807) is 0 Å². The molecule has 6 rings (SSSR count). The van der Waals surface area contributed by atoms with Crippen molar-refractivity contribution in [1.29, 1.82) is 0 Å². The number of rotatable bonds is 7. The Morgan fingerprint density at radius 2 is 0.614 bits per heavy atom. The van der Waals surface area contributed by atoms with Crippen LogP contribution in [-0.2, 0) is 0 Å². The first-order valence-corrected chi connectivity index (χ1v) is 15.4. The predicted octanol–water partition coefficient (Wildman–Crippen LogP) is 12.1. The fourth-order valence-electron chi connectivity index (χ4n) is 5.80. The molecule has 0 amide bonds. The molecule has 218 valence electrons. The largest absolute Gasteiger partial charge is 0.311 e. The van der Waals surface area contributed by atoms with Crippen molar-refractivity contribution in [2.75, 3.05) is 9.80 Å². The van der Waals surface area contributed by atoms with E-state index in [2.05, 4.69) is 185 Å². The van der Waals surface area contributed by atoms with Crippen LogP contribution in [0.3, 0.4) is 0 Å². The van der Waals surface area contributed by atoms with Crippen molar-refractivity contribution in [3.05, 3.63) is 167 Å². The second-order valence-corrected chi connectivity index (χ2v) is 11.9. The standard InChI is InChI=1S/C42H40N2/c1-29-7-17-36(18-8-29)43(37-19-9-30(2)10-20-37)38-25-15-35(16-26-38)41-27-28-42(34(6)33(41)5)44(39-21-11-31(3)12-22-39)40-23-13-32(4)14-24-40/h7-28H,1-6H3. The number of nitrogens with zero attached hydrogens (tertiary/aromatic N) is 2. The zero-order valence-corrected chi connectivity index (χ0v) is 26.6. The highest BCUT2D eigenvalue weighted by Crippen LogP contribution is 2.41. The molecule has 0 unspecified atom stereocenters. The van der Waals surface area contributed by atoms with Gasteiger partial charge in [0.15, 0.2) is 0 Å². The fraction of sp³-hybridized carbons (Fsp3) is 0.143. The minimum absolute atomic E-state index is 1.14. The van der Waals surface area contributed by atoms with Crippen LogP contribution in [0.1, 0.15) is 33.4 Å². The van der Waals surface area contributed by atoms with Crippen LogP contribution < -0.4 is 9.80 Å². The molecule has 0 saturated carbocycles. The molecular weight excluding hydrogens is 532 g/mol. The lowest BCUT2D eigenvalue weighted by molar-refractivity contribution is 1.22. The van der Waals surface area contributed by atoms with Gasteiger partial charge >= 0.3 is 0 Å². The monoisotopic (exact) mass is 572 g/mol. The van der Waals surface area contributed by atoms with E-state index in [9.17, 15) is 0 Å². The molecule has 0 bridgehead atoms. The second kappa shape index (κ2) is 12.3. The first-order valence-electron chi connectivity index (χ1n) is 15.4. The van der Waals surface area contributed by atoms with Crippen molar-refractivity contribution in [3.8, 4) is 11.1 Å². The molecule has 6 aromatic carbocycles. The number of benzene rings is 6. The third kappa shape index (κ3) is 5.89. The summed E-state index contributed by atoms with van der Waals surface area (Å²) in [5.41, 5.74) is 17.0. The molecule has 0 N–H and O–H groups in total. The van der Waals surface area contributed by atoms with Crippen molar-refractivity contribution < 1.29 is 0 Å². The topological polar surface area (TPSA) is 6.48 Å². The summed E-state index contributed by atoms with van der Waals surface area (Å²) in [6.45, 7) is 13.0. The molecule has 0 saturated heterocycles. The zero-order chi connectivity index (χ0) is 30.8. The third-order valence-corrected chi connectivity index (χ3v) is 8.60. The Labute approximate surface area is 262 Å². The van der Waals surface area contributed by atoms with Crippen LogP contribution in [0.2, 0.25) is 0 Å². The summed E-state index contributed by atoms with van der Waals surface area (Å²) in [5, 5.41) is 0. The lowest BCUT2D eigenvalue weighted by atomic mass is 9.94. The molecule has 0 heterocycles. The summed E-state index contributed by atoms with van der Waals surface area (Å²) in [5.74, 6) is 0.